The highest BCUT2D eigenvalue weighted by Gasteiger charge is 2.33. The summed E-state index contributed by atoms with van der Waals surface area (Å²) in [6.45, 7) is -0.401. The SMILES string of the molecule is NC(=O)CCC1N=C(c2cccc(O)c2)c2ccc(Cl)cc2N(CC(O)O)C1=O. The quantitative estimate of drug-likeness (QED) is 0.523. The van der Waals surface area contributed by atoms with E-state index in [0.717, 1.165) is 0 Å². The number of hydrogen-bond acceptors (Lipinski definition) is 6. The second kappa shape index (κ2) is 8.60. The molecule has 1 unspecified atom stereocenters. The van der Waals surface area contributed by atoms with E-state index in [9.17, 15) is 24.9 Å². The van der Waals surface area contributed by atoms with Gasteiger partial charge in [-0.25, -0.2) is 0 Å². The number of phenols is 1. The van der Waals surface area contributed by atoms with Crippen molar-refractivity contribution in [3.05, 3.63) is 58.6 Å². The average Bonchev–Trinajstić information content (AvgIpc) is 2.75. The van der Waals surface area contributed by atoms with E-state index in [4.69, 9.17) is 17.3 Å². The molecule has 0 radical (unpaired) electrons. The lowest BCUT2D eigenvalue weighted by atomic mass is 10.00. The molecule has 152 valence electrons. The van der Waals surface area contributed by atoms with E-state index in [1.54, 1.807) is 24.3 Å². The number of rotatable bonds is 6. The van der Waals surface area contributed by atoms with E-state index in [1.807, 2.05) is 0 Å². The number of anilines is 1. The number of benzodiazepines with no additional fused rings is 1. The molecule has 5 N–H and O–H groups in total. The molecule has 8 nitrogen and oxygen atoms in total. The minimum Gasteiger partial charge on any atom is -0.508 e. The monoisotopic (exact) mass is 417 g/mol. The number of benzene rings is 2. The Hall–Kier alpha value is -2.94. The van der Waals surface area contributed by atoms with Gasteiger partial charge >= 0.3 is 0 Å². The van der Waals surface area contributed by atoms with Gasteiger partial charge in [-0.3, -0.25) is 14.6 Å². The third kappa shape index (κ3) is 4.73. The lowest BCUT2D eigenvalue weighted by molar-refractivity contribution is -0.122. The molecule has 3 rings (SSSR count). The van der Waals surface area contributed by atoms with Crippen molar-refractivity contribution in [1.29, 1.82) is 0 Å². The lowest BCUT2D eigenvalue weighted by Gasteiger charge is -2.26. The molecule has 0 spiro atoms. The van der Waals surface area contributed by atoms with Crippen LogP contribution >= 0.6 is 11.6 Å². The number of halogens is 1. The second-order valence-corrected chi connectivity index (χ2v) is 7.08. The number of primary amides is 1. The molecule has 2 amide bonds. The van der Waals surface area contributed by atoms with E-state index in [1.165, 1.54) is 23.1 Å². The molecule has 2 aromatic rings. The van der Waals surface area contributed by atoms with E-state index < -0.39 is 30.7 Å². The summed E-state index contributed by atoms with van der Waals surface area (Å²) in [5, 5.41) is 29.3. The van der Waals surface area contributed by atoms with Crippen molar-refractivity contribution < 1.29 is 24.9 Å². The largest absolute Gasteiger partial charge is 0.508 e. The van der Waals surface area contributed by atoms with Crippen molar-refractivity contribution in [3.63, 3.8) is 0 Å². The van der Waals surface area contributed by atoms with Crippen molar-refractivity contribution >= 4 is 34.8 Å². The number of β-amino-alcohol motifs (C(OH)–C–C–N with tert-alkyl or cyclic N) is 2. The molecule has 0 saturated heterocycles. The minimum atomic E-state index is -1.79. The highest BCUT2D eigenvalue weighted by molar-refractivity contribution is 6.31. The predicted octanol–water partition coefficient (Wildman–Crippen LogP) is 1.17. The number of aliphatic hydroxyl groups excluding tert-OH is 1. The maximum atomic E-state index is 13.2. The number of aliphatic imine (C=N–C) groups is 1. The van der Waals surface area contributed by atoms with Gasteiger partial charge in [0.1, 0.15) is 11.8 Å². The Morgan fingerprint density at radius 1 is 1.24 bits per heavy atom. The van der Waals surface area contributed by atoms with Crippen LogP contribution in [0.25, 0.3) is 0 Å². The van der Waals surface area contributed by atoms with Gasteiger partial charge in [-0.2, -0.15) is 0 Å². The number of fused-ring (bicyclic) bond motifs is 1. The summed E-state index contributed by atoms with van der Waals surface area (Å²) in [6.07, 6.45) is -1.80. The van der Waals surface area contributed by atoms with Gasteiger partial charge in [0.15, 0.2) is 6.29 Å². The molecular weight excluding hydrogens is 398 g/mol. The molecule has 0 fully saturated rings. The van der Waals surface area contributed by atoms with Crippen LogP contribution in [0, 0.1) is 0 Å². The summed E-state index contributed by atoms with van der Waals surface area (Å²) in [5.41, 5.74) is 7.07. The van der Waals surface area contributed by atoms with E-state index in [0.29, 0.717) is 27.5 Å². The highest BCUT2D eigenvalue weighted by Crippen LogP contribution is 2.32. The molecule has 1 aliphatic rings. The molecule has 1 aliphatic heterocycles. The van der Waals surface area contributed by atoms with Crippen molar-refractivity contribution in [1.82, 2.24) is 0 Å². The minimum absolute atomic E-state index is 0.0209. The first-order valence-corrected chi connectivity index (χ1v) is 9.27. The first-order valence-electron chi connectivity index (χ1n) is 8.89. The van der Waals surface area contributed by atoms with Crippen molar-refractivity contribution in [2.75, 3.05) is 11.4 Å². The number of carbonyl (C=O) groups is 2. The van der Waals surface area contributed by atoms with Crippen LogP contribution in [0.2, 0.25) is 5.02 Å². The van der Waals surface area contributed by atoms with Gasteiger partial charge in [0.05, 0.1) is 17.9 Å². The second-order valence-electron chi connectivity index (χ2n) is 6.64. The molecular formula is C20H20ClN3O5. The average molecular weight is 418 g/mol. The Balaban J connectivity index is 2.20. The molecule has 29 heavy (non-hydrogen) atoms. The van der Waals surface area contributed by atoms with Crippen LogP contribution < -0.4 is 10.6 Å². The van der Waals surface area contributed by atoms with Gasteiger partial charge in [-0.15, -0.1) is 0 Å². The summed E-state index contributed by atoms with van der Waals surface area (Å²) >= 11 is 6.13. The van der Waals surface area contributed by atoms with Crippen LogP contribution in [0.15, 0.2) is 47.5 Å². The topological polar surface area (TPSA) is 136 Å². The fraction of sp³-hybridized carbons (Fsp3) is 0.250. The summed E-state index contributed by atoms with van der Waals surface area (Å²) in [4.78, 5) is 30.2. The standard InChI is InChI=1S/C20H20ClN3O5/c21-12-4-5-14-16(9-12)24(10-18(27)28)20(29)15(6-7-17(22)26)23-19(14)11-2-1-3-13(25)8-11/h1-5,8-9,15,18,25,27-28H,6-7,10H2,(H2,22,26). The number of nitrogens with zero attached hydrogens (tertiary/aromatic N) is 2. The smallest absolute Gasteiger partial charge is 0.252 e. The molecule has 0 bridgehead atoms. The molecule has 0 saturated carbocycles. The van der Waals surface area contributed by atoms with E-state index >= 15 is 0 Å². The number of aliphatic hydroxyl groups is 2. The maximum Gasteiger partial charge on any atom is 0.252 e. The van der Waals surface area contributed by atoms with Gasteiger partial charge in [-0.05, 0) is 36.8 Å². The number of carbonyl (C=O) groups excluding carboxylic acids is 2. The zero-order valence-electron chi connectivity index (χ0n) is 15.3. The number of phenolic OH excluding ortho intramolecular Hbond substituents is 1. The van der Waals surface area contributed by atoms with Crippen molar-refractivity contribution in [2.45, 2.75) is 25.2 Å². The number of amides is 2. The summed E-state index contributed by atoms with van der Waals surface area (Å²) in [7, 11) is 0. The van der Waals surface area contributed by atoms with Crippen molar-refractivity contribution in [3.8, 4) is 5.75 Å². The van der Waals surface area contributed by atoms with Crippen LogP contribution in [0.5, 0.6) is 5.75 Å². The van der Waals surface area contributed by atoms with Crippen LogP contribution in [-0.4, -0.2) is 51.7 Å². The molecule has 0 aliphatic carbocycles. The van der Waals surface area contributed by atoms with Gasteiger partial charge in [0.2, 0.25) is 5.91 Å². The molecule has 0 aromatic heterocycles. The van der Waals surface area contributed by atoms with Crippen molar-refractivity contribution in [2.24, 2.45) is 10.7 Å². The van der Waals surface area contributed by atoms with E-state index in [2.05, 4.69) is 4.99 Å². The third-order valence-corrected chi connectivity index (χ3v) is 4.71. The fourth-order valence-corrected chi connectivity index (χ4v) is 3.38. The Morgan fingerprint density at radius 2 is 2.00 bits per heavy atom. The molecule has 1 atom stereocenters. The van der Waals surface area contributed by atoms with E-state index in [-0.39, 0.29) is 18.6 Å². The number of nitrogens with two attached hydrogens (primary N) is 1. The fourth-order valence-electron chi connectivity index (χ4n) is 3.21. The lowest BCUT2D eigenvalue weighted by Crippen LogP contribution is -2.42. The first kappa shape index (κ1) is 20.8. The maximum absolute atomic E-state index is 13.2. The van der Waals surface area contributed by atoms with Crippen LogP contribution in [0.3, 0.4) is 0 Å². The Morgan fingerprint density at radius 3 is 2.66 bits per heavy atom. The zero-order valence-corrected chi connectivity index (χ0v) is 16.1. The van der Waals surface area contributed by atoms with Crippen LogP contribution in [-0.2, 0) is 9.59 Å². The number of aromatic hydroxyl groups is 1. The normalized spacial score (nSPS) is 16.4. The van der Waals surface area contributed by atoms with Gasteiger partial charge < -0.3 is 26.0 Å². The molecule has 9 heteroatoms. The highest BCUT2D eigenvalue weighted by atomic mass is 35.5. The van der Waals surface area contributed by atoms with Crippen LogP contribution in [0.4, 0.5) is 5.69 Å². The Bertz CT molecular complexity index is 976. The molecule has 2 aromatic carbocycles. The summed E-state index contributed by atoms with van der Waals surface area (Å²) in [6, 6.07) is 10.2. The van der Waals surface area contributed by atoms with Gasteiger partial charge in [0.25, 0.3) is 5.91 Å². The predicted molar refractivity (Wildman–Crippen MR) is 108 cm³/mol. The van der Waals surface area contributed by atoms with Gasteiger partial charge in [0, 0.05) is 22.6 Å². The Labute approximate surface area is 171 Å². The Kier molecular flexibility index (Phi) is 6.17. The van der Waals surface area contributed by atoms with Gasteiger partial charge in [-0.1, -0.05) is 23.7 Å². The first-order chi connectivity index (χ1) is 13.8. The third-order valence-electron chi connectivity index (χ3n) is 4.47. The summed E-state index contributed by atoms with van der Waals surface area (Å²) < 4.78 is 0. The molecule has 1 heterocycles. The zero-order chi connectivity index (χ0) is 21.1. The number of hydrogen-bond donors (Lipinski definition) is 4. The summed E-state index contributed by atoms with van der Waals surface area (Å²) in [5.74, 6) is -1.07. The van der Waals surface area contributed by atoms with Crippen LogP contribution in [0.1, 0.15) is 24.0 Å².